The molecule has 0 rings (SSSR count). The smallest absolute Gasteiger partial charge is 0.333 e. The van der Waals surface area contributed by atoms with Crippen LogP contribution in [0.15, 0.2) is 0 Å². The van der Waals surface area contributed by atoms with Gasteiger partial charge >= 0.3 is 5.97 Å². The van der Waals surface area contributed by atoms with Gasteiger partial charge in [0.1, 0.15) is 0 Å². The molecule has 0 aromatic rings. The topological polar surface area (TPSA) is 69.4 Å². The second kappa shape index (κ2) is 5.24. The lowest BCUT2D eigenvalue weighted by Gasteiger charge is -2.22. The summed E-state index contributed by atoms with van der Waals surface area (Å²) in [5.41, 5.74) is 4.18. The Morgan fingerprint density at radius 2 is 2.08 bits per heavy atom. The Balaban J connectivity index is 4.52. The predicted octanol–water partition coefficient (Wildman–Crippen LogP) is 0.199. The Labute approximate surface area is 82.2 Å². The molecule has 0 aliphatic carbocycles. The van der Waals surface area contributed by atoms with Crippen LogP contribution in [0, 0.1) is 0 Å². The average molecular weight is 205 g/mol. The number of methoxy groups -OCH3 is 1. The Morgan fingerprint density at radius 1 is 1.54 bits per heavy atom. The highest BCUT2D eigenvalue weighted by atomic mass is 32.2. The van der Waals surface area contributed by atoms with E-state index < -0.39 is 11.5 Å². The van der Waals surface area contributed by atoms with Gasteiger partial charge in [-0.25, -0.2) is 4.79 Å². The number of rotatable bonds is 5. The van der Waals surface area contributed by atoms with Crippen molar-refractivity contribution < 1.29 is 14.3 Å². The minimum absolute atomic E-state index is 0.316. The van der Waals surface area contributed by atoms with E-state index in [0.29, 0.717) is 12.2 Å². The molecule has 2 N–H and O–H groups in total. The molecule has 0 bridgehead atoms. The number of nitrogens with two attached hydrogens (primary N) is 1. The highest BCUT2D eigenvalue weighted by molar-refractivity contribution is 7.98. The summed E-state index contributed by atoms with van der Waals surface area (Å²) in [5.74, 6) is -0.354. The first-order chi connectivity index (χ1) is 5.99. The fourth-order valence-electron chi connectivity index (χ4n) is 0.867. The van der Waals surface area contributed by atoms with Crippen molar-refractivity contribution in [3.05, 3.63) is 0 Å². The number of hydrogen-bond acceptors (Lipinski definition) is 5. The molecular weight excluding hydrogens is 190 g/mol. The van der Waals surface area contributed by atoms with Gasteiger partial charge in [0.15, 0.2) is 11.3 Å². The van der Waals surface area contributed by atoms with Crippen molar-refractivity contribution in [2.75, 3.05) is 19.1 Å². The van der Waals surface area contributed by atoms with Crippen LogP contribution in [0.4, 0.5) is 0 Å². The lowest BCUT2D eigenvalue weighted by molar-refractivity contribution is -0.150. The van der Waals surface area contributed by atoms with E-state index in [9.17, 15) is 9.59 Å². The van der Waals surface area contributed by atoms with Gasteiger partial charge in [-0.1, -0.05) is 0 Å². The Morgan fingerprint density at radius 3 is 2.38 bits per heavy atom. The first-order valence-electron chi connectivity index (χ1n) is 3.86. The number of Topliss-reactive ketones (excluding diaryl/α,β-unsaturated/α-hetero) is 1. The number of esters is 1. The molecule has 13 heavy (non-hydrogen) atoms. The third-order valence-corrected chi connectivity index (χ3v) is 2.49. The molecule has 1 atom stereocenters. The van der Waals surface area contributed by atoms with Gasteiger partial charge in [-0.15, -0.1) is 0 Å². The highest BCUT2D eigenvalue weighted by Gasteiger charge is 2.39. The van der Waals surface area contributed by atoms with Crippen LogP contribution in [0.2, 0.25) is 0 Å². The van der Waals surface area contributed by atoms with Crippen molar-refractivity contribution in [2.45, 2.75) is 18.9 Å². The standard InChI is InChI=1S/C8H15NO3S/c1-6(10)8(9,4-5-13-3)7(11)12-2/h4-5,9H2,1-3H3/t8-/m1/s1. The van der Waals surface area contributed by atoms with Gasteiger partial charge < -0.3 is 10.5 Å². The molecule has 0 radical (unpaired) electrons. The van der Waals surface area contributed by atoms with Crippen molar-refractivity contribution in [3.63, 3.8) is 0 Å². The molecule has 0 unspecified atom stereocenters. The lowest BCUT2D eigenvalue weighted by Crippen LogP contribution is -2.54. The molecule has 4 nitrogen and oxygen atoms in total. The molecule has 5 heteroatoms. The van der Waals surface area contributed by atoms with Crippen LogP contribution in [0.5, 0.6) is 0 Å². The van der Waals surface area contributed by atoms with Gasteiger partial charge in [-0.3, -0.25) is 4.79 Å². The van der Waals surface area contributed by atoms with E-state index in [2.05, 4.69) is 4.74 Å². The maximum Gasteiger partial charge on any atom is 0.333 e. The number of thioether (sulfide) groups is 1. The molecule has 76 valence electrons. The van der Waals surface area contributed by atoms with E-state index in [1.165, 1.54) is 25.8 Å². The van der Waals surface area contributed by atoms with Crippen molar-refractivity contribution in [1.82, 2.24) is 0 Å². The number of ketones is 1. The summed E-state index contributed by atoms with van der Waals surface area (Å²) in [6.07, 6.45) is 2.20. The molecule has 0 saturated heterocycles. The van der Waals surface area contributed by atoms with Crippen molar-refractivity contribution in [2.24, 2.45) is 5.73 Å². The normalized spacial score (nSPS) is 14.8. The molecule has 0 aliphatic heterocycles. The molecule has 0 aromatic heterocycles. The summed E-state index contributed by atoms with van der Waals surface area (Å²) in [6, 6.07) is 0. The van der Waals surface area contributed by atoms with Crippen LogP contribution in [-0.4, -0.2) is 36.4 Å². The van der Waals surface area contributed by atoms with Crippen LogP contribution < -0.4 is 5.73 Å². The zero-order valence-corrected chi connectivity index (χ0v) is 8.94. The van der Waals surface area contributed by atoms with Crippen LogP contribution in [0.25, 0.3) is 0 Å². The van der Waals surface area contributed by atoms with E-state index in [1.807, 2.05) is 6.26 Å². The quantitative estimate of drug-likeness (QED) is 0.513. The van der Waals surface area contributed by atoms with E-state index >= 15 is 0 Å². The minimum atomic E-state index is -1.46. The average Bonchev–Trinajstić information content (AvgIpc) is 2.12. The molecule has 0 aromatic carbocycles. The maximum atomic E-state index is 11.2. The molecule has 0 fully saturated rings. The first kappa shape index (κ1) is 12.4. The zero-order valence-electron chi connectivity index (χ0n) is 8.12. The van der Waals surface area contributed by atoms with E-state index in [-0.39, 0.29) is 5.78 Å². The summed E-state index contributed by atoms with van der Waals surface area (Å²) >= 11 is 1.53. The molecule has 0 aliphatic rings. The van der Waals surface area contributed by atoms with Gasteiger partial charge in [0.2, 0.25) is 0 Å². The summed E-state index contributed by atoms with van der Waals surface area (Å²) in [4.78, 5) is 22.3. The Hall–Kier alpha value is -0.550. The van der Waals surface area contributed by atoms with Crippen LogP contribution in [0.3, 0.4) is 0 Å². The van der Waals surface area contributed by atoms with Crippen LogP contribution in [-0.2, 0) is 14.3 Å². The van der Waals surface area contributed by atoms with Crippen LogP contribution in [0.1, 0.15) is 13.3 Å². The largest absolute Gasteiger partial charge is 0.467 e. The lowest BCUT2D eigenvalue weighted by atomic mass is 9.93. The van der Waals surface area contributed by atoms with Gasteiger partial charge in [0.05, 0.1) is 7.11 Å². The predicted molar refractivity (Wildman–Crippen MR) is 52.6 cm³/mol. The molecule has 0 amide bonds. The van der Waals surface area contributed by atoms with Crippen LogP contribution >= 0.6 is 11.8 Å². The van der Waals surface area contributed by atoms with Crippen molar-refractivity contribution in [1.29, 1.82) is 0 Å². The fraction of sp³-hybridized carbons (Fsp3) is 0.750. The number of ether oxygens (including phenoxy) is 1. The first-order valence-corrected chi connectivity index (χ1v) is 5.25. The Kier molecular flexibility index (Phi) is 5.02. The van der Waals surface area contributed by atoms with Gasteiger partial charge in [-0.05, 0) is 25.4 Å². The van der Waals surface area contributed by atoms with Gasteiger partial charge in [0, 0.05) is 0 Å². The molecule has 0 saturated carbocycles. The van der Waals surface area contributed by atoms with E-state index in [4.69, 9.17) is 5.73 Å². The molecule has 0 spiro atoms. The molecular formula is C8H15NO3S. The Bertz CT molecular complexity index is 208. The van der Waals surface area contributed by atoms with E-state index in [0.717, 1.165) is 0 Å². The monoisotopic (exact) mass is 205 g/mol. The second-order valence-electron chi connectivity index (χ2n) is 2.76. The third kappa shape index (κ3) is 3.00. The number of carbonyl (C=O) groups is 2. The minimum Gasteiger partial charge on any atom is -0.467 e. The highest BCUT2D eigenvalue weighted by Crippen LogP contribution is 2.13. The summed E-state index contributed by atoms with van der Waals surface area (Å²) in [7, 11) is 1.23. The number of carbonyl (C=O) groups excluding carboxylic acids is 2. The van der Waals surface area contributed by atoms with Gasteiger partial charge in [-0.2, -0.15) is 11.8 Å². The van der Waals surface area contributed by atoms with Crippen molar-refractivity contribution >= 4 is 23.5 Å². The molecule has 0 heterocycles. The SMILES string of the molecule is COC(=O)[C@@](N)(CCSC)C(C)=O. The third-order valence-electron chi connectivity index (χ3n) is 1.88. The summed E-state index contributed by atoms with van der Waals surface area (Å²) in [6.45, 7) is 1.30. The van der Waals surface area contributed by atoms with E-state index in [1.54, 1.807) is 0 Å². The van der Waals surface area contributed by atoms with Gasteiger partial charge in [0.25, 0.3) is 0 Å². The van der Waals surface area contributed by atoms with Crippen molar-refractivity contribution in [3.8, 4) is 0 Å². The zero-order chi connectivity index (χ0) is 10.5. The number of hydrogen-bond donors (Lipinski definition) is 1. The fourth-order valence-corrected chi connectivity index (χ4v) is 1.39. The second-order valence-corrected chi connectivity index (χ2v) is 3.75. The summed E-state index contributed by atoms with van der Waals surface area (Å²) in [5, 5.41) is 0. The maximum absolute atomic E-state index is 11.2. The summed E-state index contributed by atoms with van der Waals surface area (Å²) < 4.78 is 4.48.